The third-order valence-corrected chi connectivity index (χ3v) is 11.8. The van der Waals surface area contributed by atoms with Gasteiger partial charge in [0.05, 0.1) is 5.60 Å². The first-order chi connectivity index (χ1) is 18.1. The third-order valence-electron chi connectivity index (χ3n) is 11.8. The van der Waals surface area contributed by atoms with Gasteiger partial charge in [-0.25, -0.2) is 4.79 Å². The van der Waals surface area contributed by atoms with Gasteiger partial charge in [0.1, 0.15) is 17.8 Å². The standard InChI is InChI=1S/C31H42O7/c1-3-25(32)36-23-9-19-7-21(23)27-20-8-22(28(19)27)24(10-20)37-26(33)5-4-16(2)29(34)38-31-13-17-6-18(14-31)12-30(35,11-17)15-31/h17-24,27-28,35H,2-15H2,1H3. The van der Waals surface area contributed by atoms with Crippen LogP contribution in [0.1, 0.15) is 90.4 Å². The van der Waals surface area contributed by atoms with Crippen LogP contribution in [0.5, 0.6) is 0 Å². The summed E-state index contributed by atoms with van der Waals surface area (Å²) in [6.45, 7) is 5.78. The number of carbonyl (C=O) groups is 3. The van der Waals surface area contributed by atoms with Crippen LogP contribution in [0.15, 0.2) is 12.2 Å². The summed E-state index contributed by atoms with van der Waals surface area (Å²) in [6, 6.07) is 0. The lowest BCUT2D eigenvalue weighted by Gasteiger charge is -2.59. The van der Waals surface area contributed by atoms with Gasteiger partial charge >= 0.3 is 17.9 Å². The summed E-state index contributed by atoms with van der Waals surface area (Å²) >= 11 is 0. The number of aliphatic hydroxyl groups is 1. The fraction of sp³-hybridized carbons (Fsp3) is 0.839. The molecule has 0 heterocycles. The molecule has 8 aliphatic rings. The molecule has 0 amide bonds. The molecule has 8 aliphatic carbocycles. The predicted molar refractivity (Wildman–Crippen MR) is 136 cm³/mol. The highest BCUT2D eigenvalue weighted by atomic mass is 16.6. The summed E-state index contributed by atoms with van der Waals surface area (Å²) in [6.07, 6.45) is 9.99. The van der Waals surface area contributed by atoms with E-state index in [4.69, 9.17) is 14.2 Å². The van der Waals surface area contributed by atoms with Crippen LogP contribution in [-0.4, -0.2) is 46.4 Å². The maximum atomic E-state index is 12.9. The number of carbonyl (C=O) groups excluding carboxylic acids is 3. The van der Waals surface area contributed by atoms with E-state index >= 15 is 0 Å². The number of hydrogen-bond donors (Lipinski definition) is 1. The molecule has 8 fully saturated rings. The average molecular weight is 527 g/mol. The van der Waals surface area contributed by atoms with Crippen LogP contribution < -0.4 is 0 Å². The molecule has 8 saturated carbocycles. The number of hydrogen-bond acceptors (Lipinski definition) is 7. The van der Waals surface area contributed by atoms with Gasteiger partial charge in [0.15, 0.2) is 0 Å². The van der Waals surface area contributed by atoms with Gasteiger partial charge in [0.2, 0.25) is 0 Å². The normalized spacial score (nSPS) is 48.7. The summed E-state index contributed by atoms with van der Waals surface area (Å²) in [5.41, 5.74) is -0.930. The zero-order chi connectivity index (χ0) is 26.4. The van der Waals surface area contributed by atoms with Crippen LogP contribution in [0.4, 0.5) is 0 Å². The van der Waals surface area contributed by atoms with Gasteiger partial charge in [-0.05, 0) is 112 Å². The fourth-order valence-electron chi connectivity index (χ4n) is 11.1. The zero-order valence-corrected chi connectivity index (χ0v) is 22.6. The molecule has 0 radical (unpaired) electrons. The molecule has 1 N–H and O–H groups in total. The van der Waals surface area contributed by atoms with Crippen molar-refractivity contribution in [1.29, 1.82) is 0 Å². The Hall–Kier alpha value is -1.89. The molecule has 0 aromatic carbocycles. The van der Waals surface area contributed by atoms with Crippen LogP contribution in [0.3, 0.4) is 0 Å². The highest BCUT2D eigenvalue weighted by Crippen LogP contribution is 2.68. The quantitative estimate of drug-likeness (QED) is 0.215. The minimum atomic E-state index is -0.686. The number of rotatable bonds is 8. The average Bonchev–Trinajstić information content (AvgIpc) is 3.60. The van der Waals surface area contributed by atoms with Gasteiger partial charge in [-0.2, -0.15) is 0 Å². The molecule has 0 saturated heterocycles. The first-order valence-electron chi connectivity index (χ1n) is 15.2. The predicted octanol–water partition coefficient (Wildman–Crippen LogP) is 4.50. The minimum absolute atomic E-state index is 0.0299. The Kier molecular flexibility index (Phi) is 5.82. The van der Waals surface area contributed by atoms with Gasteiger partial charge in [-0.1, -0.05) is 13.5 Å². The SMILES string of the molecule is C=C(CCC(=O)OC1CC2CC1C1C3CC(OC(=O)CC)C(C3)C21)C(=O)OC12CC3CC(CC(O)(C3)C1)C2. The molecule has 10 atom stereocenters. The Balaban J connectivity index is 0.893. The number of esters is 3. The van der Waals surface area contributed by atoms with E-state index in [0.29, 0.717) is 65.8 Å². The third kappa shape index (κ3) is 4.05. The monoisotopic (exact) mass is 526 g/mol. The van der Waals surface area contributed by atoms with Gasteiger partial charge in [0.25, 0.3) is 0 Å². The van der Waals surface area contributed by atoms with Crippen LogP contribution >= 0.6 is 0 Å². The summed E-state index contributed by atoms with van der Waals surface area (Å²) in [4.78, 5) is 37.6. The number of fused-ring (bicyclic) bond motifs is 9. The second kappa shape index (κ2) is 8.81. The summed E-state index contributed by atoms with van der Waals surface area (Å²) in [7, 11) is 0. The van der Waals surface area contributed by atoms with E-state index in [0.717, 1.165) is 57.8 Å². The zero-order valence-electron chi connectivity index (χ0n) is 22.6. The van der Waals surface area contributed by atoms with Crippen LogP contribution in [0.25, 0.3) is 0 Å². The topological polar surface area (TPSA) is 99.1 Å². The Morgan fingerprint density at radius 3 is 1.95 bits per heavy atom. The van der Waals surface area contributed by atoms with Crippen molar-refractivity contribution in [1.82, 2.24) is 0 Å². The molecule has 0 aromatic rings. The van der Waals surface area contributed by atoms with E-state index in [-0.39, 0.29) is 37.0 Å². The summed E-state index contributed by atoms with van der Waals surface area (Å²) in [5.74, 6) is 3.34. The summed E-state index contributed by atoms with van der Waals surface area (Å²) < 4.78 is 17.8. The van der Waals surface area contributed by atoms with Crippen molar-refractivity contribution in [3.63, 3.8) is 0 Å². The fourth-order valence-corrected chi connectivity index (χ4v) is 11.1. The molecule has 38 heavy (non-hydrogen) atoms. The van der Waals surface area contributed by atoms with E-state index < -0.39 is 17.2 Å². The lowest BCUT2D eigenvalue weighted by Crippen LogP contribution is -2.60. The Morgan fingerprint density at radius 1 is 0.816 bits per heavy atom. The summed E-state index contributed by atoms with van der Waals surface area (Å²) in [5, 5.41) is 10.9. The van der Waals surface area contributed by atoms with Crippen LogP contribution in [0.2, 0.25) is 0 Å². The lowest BCUT2D eigenvalue weighted by molar-refractivity contribution is -0.217. The second-order valence-electron chi connectivity index (χ2n) is 14.2. The molecule has 208 valence electrons. The van der Waals surface area contributed by atoms with E-state index in [1.165, 1.54) is 0 Å². The molecule has 7 heteroatoms. The molecule has 10 unspecified atom stereocenters. The van der Waals surface area contributed by atoms with Crippen LogP contribution in [0, 0.1) is 47.3 Å². The molecule has 0 aliphatic heterocycles. The molecule has 0 spiro atoms. The van der Waals surface area contributed by atoms with Crippen molar-refractivity contribution in [2.24, 2.45) is 47.3 Å². The highest BCUT2D eigenvalue weighted by molar-refractivity contribution is 5.88. The molecular weight excluding hydrogens is 484 g/mol. The van der Waals surface area contributed by atoms with Gasteiger partial charge in [0, 0.05) is 24.8 Å². The Bertz CT molecular complexity index is 1030. The maximum Gasteiger partial charge on any atom is 0.333 e. The first-order valence-corrected chi connectivity index (χ1v) is 15.2. The van der Waals surface area contributed by atoms with Crippen molar-refractivity contribution in [3.8, 4) is 0 Å². The van der Waals surface area contributed by atoms with Gasteiger partial charge in [-0.3, -0.25) is 9.59 Å². The Labute approximate surface area is 225 Å². The smallest absolute Gasteiger partial charge is 0.333 e. The van der Waals surface area contributed by atoms with Gasteiger partial charge in [-0.15, -0.1) is 0 Å². The first kappa shape index (κ1) is 25.1. The van der Waals surface area contributed by atoms with Crippen molar-refractivity contribution < 1.29 is 33.7 Å². The van der Waals surface area contributed by atoms with Crippen molar-refractivity contribution in [3.05, 3.63) is 12.2 Å². The minimum Gasteiger partial charge on any atom is -0.462 e. The van der Waals surface area contributed by atoms with Crippen LogP contribution in [-0.2, 0) is 28.6 Å². The molecule has 8 bridgehead atoms. The van der Waals surface area contributed by atoms with E-state index in [1.807, 2.05) is 6.92 Å². The lowest BCUT2D eigenvalue weighted by atomic mass is 9.52. The molecule has 0 aromatic heterocycles. The van der Waals surface area contributed by atoms with Gasteiger partial charge < -0.3 is 19.3 Å². The van der Waals surface area contributed by atoms with E-state index in [2.05, 4.69) is 6.58 Å². The van der Waals surface area contributed by atoms with E-state index in [9.17, 15) is 19.5 Å². The number of ether oxygens (including phenoxy) is 3. The molecular formula is C31H42O7. The molecule has 7 nitrogen and oxygen atoms in total. The Morgan fingerprint density at radius 2 is 1.39 bits per heavy atom. The molecule has 8 rings (SSSR count). The van der Waals surface area contributed by atoms with Crippen molar-refractivity contribution in [2.75, 3.05) is 0 Å². The van der Waals surface area contributed by atoms with Crippen molar-refractivity contribution in [2.45, 2.75) is 114 Å². The van der Waals surface area contributed by atoms with Crippen molar-refractivity contribution >= 4 is 17.9 Å². The maximum absolute atomic E-state index is 12.9. The second-order valence-corrected chi connectivity index (χ2v) is 14.2. The van der Waals surface area contributed by atoms with E-state index in [1.54, 1.807) is 0 Å². The highest BCUT2D eigenvalue weighted by Gasteiger charge is 2.66. The largest absolute Gasteiger partial charge is 0.462 e.